The Balaban J connectivity index is 2.22. The number of aliphatic hydroxyl groups excluding tert-OH is 1. The van der Waals surface area contributed by atoms with Crippen LogP contribution < -0.4 is 5.32 Å². The molecule has 0 saturated carbocycles. The van der Waals surface area contributed by atoms with Crippen LogP contribution in [0.2, 0.25) is 0 Å². The summed E-state index contributed by atoms with van der Waals surface area (Å²) < 4.78 is 0. The number of rotatable bonds is 2. The first-order valence-corrected chi connectivity index (χ1v) is 2.68. The van der Waals surface area contributed by atoms with Crippen molar-refractivity contribution in [3.8, 4) is 0 Å². The molecule has 8 heavy (non-hydrogen) atoms. The van der Waals surface area contributed by atoms with Crippen molar-refractivity contribution in [2.75, 3.05) is 13.1 Å². The second kappa shape index (κ2) is 2.24. The first-order chi connectivity index (χ1) is 3.84. The Morgan fingerprint density at radius 2 is 2.38 bits per heavy atom. The van der Waals surface area contributed by atoms with Crippen LogP contribution in [0.1, 0.15) is 0 Å². The van der Waals surface area contributed by atoms with Crippen LogP contribution in [-0.2, 0) is 4.79 Å². The van der Waals surface area contributed by atoms with Gasteiger partial charge in [0.25, 0.3) is 0 Å². The molecule has 0 bridgehead atoms. The fourth-order valence-corrected chi connectivity index (χ4v) is 0.664. The summed E-state index contributed by atoms with van der Waals surface area (Å²) in [6.07, 6.45) is -0.151. The zero-order valence-electron chi connectivity index (χ0n) is 4.50. The second-order valence-electron chi connectivity index (χ2n) is 2.05. The van der Waals surface area contributed by atoms with E-state index in [0.717, 1.165) is 13.1 Å². The SMILES string of the molecule is O=CC(O)C1CNC1. The van der Waals surface area contributed by atoms with E-state index >= 15 is 0 Å². The fraction of sp³-hybridized carbons (Fsp3) is 0.800. The molecular formula is C5H9NO2. The van der Waals surface area contributed by atoms with E-state index in [9.17, 15) is 4.79 Å². The molecule has 0 radical (unpaired) electrons. The lowest BCUT2D eigenvalue weighted by molar-refractivity contribution is -0.118. The van der Waals surface area contributed by atoms with Gasteiger partial charge in [-0.25, -0.2) is 0 Å². The Morgan fingerprint density at radius 1 is 1.75 bits per heavy atom. The predicted molar refractivity (Wildman–Crippen MR) is 28.4 cm³/mol. The molecule has 1 heterocycles. The highest BCUT2D eigenvalue weighted by Crippen LogP contribution is 2.05. The van der Waals surface area contributed by atoms with E-state index in [0.29, 0.717) is 6.29 Å². The Morgan fingerprint density at radius 3 is 2.50 bits per heavy atom. The minimum absolute atomic E-state index is 0.174. The predicted octanol–water partition coefficient (Wildman–Crippen LogP) is -1.23. The van der Waals surface area contributed by atoms with E-state index in [1.165, 1.54) is 0 Å². The van der Waals surface area contributed by atoms with Gasteiger partial charge in [0.05, 0.1) is 0 Å². The van der Waals surface area contributed by atoms with E-state index in [-0.39, 0.29) is 5.92 Å². The molecule has 1 rings (SSSR count). The molecule has 1 saturated heterocycles. The van der Waals surface area contributed by atoms with Gasteiger partial charge in [0, 0.05) is 19.0 Å². The monoisotopic (exact) mass is 115 g/mol. The molecule has 1 aliphatic rings. The quantitative estimate of drug-likeness (QED) is 0.443. The summed E-state index contributed by atoms with van der Waals surface area (Å²) in [6.45, 7) is 1.56. The van der Waals surface area contributed by atoms with Crippen LogP contribution in [0.15, 0.2) is 0 Å². The van der Waals surface area contributed by atoms with E-state index in [1.807, 2.05) is 0 Å². The topological polar surface area (TPSA) is 49.3 Å². The number of hydrogen-bond acceptors (Lipinski definition) is 3. The Kier molecular flexibility index (Phi) is 1.60. The molecule has 1 aliphatic heterocycles. The zero-order chi connectivity index (χ0) is 5.98. The summed E-state index contributed by atoms with van der Waals surface area (Å²) in [5.41, 5.74) is 0. The highest BCUT2D eigenvalue weighted by atomic mass is 16.3. The summed E-state index contributed by atoms with van der Waals surface area (Å²) in [7, 11) is 0. The summed E-state index contributed by atoms with van der Waals surface area (Å²) in [6, 6.07) is 0. The normalized spacial score (nSPS) is 24.1. The number of aldehydes is 1. The van der Waals surface area contributed by atoms with Crippen molar-refractivity contribution in [2.45, 2.75) is 6.10 Å². The van der Waals surface area contributed by atoms with Crippen LogP contribution in [0.5, 0.6) is 0 Å². The molecule has 1 unspecified atom stereocenters. The largest absolute Gasteiger partial charge is 0.385 e. The van der Waals surface area contributed by atoms with Gasteiger partial charge in [-0.1, -0.05) is 0 Å². The Hall–Kier alpha value is -0.410. The summed E-state index contributed by atoms with van der Waals surface area (Å²) in [5.74, 6) is 0.174. The third-order valence-electron chi connectivity index (χ3n) is 1.44. The van der Waals surface area contributed by atoms with Crippen LogP contribution in [0.3, 0.4) is 0 Å². The van der Waals surface area contributed by atoms with Gasteiger partial charge < -0.3 is 15.2 Å². The first kappa shape index (κ1) is 5.72. The van der Waals surface area contributed by atoms with Crippen molar-refractivity contribution in [3.63, 3.8) is 0 Å². The van der Waals surface area contributed by atoms with Gasteiger partial charge in [0.1, 0.15) is 12.4 Å². The van der Waals surface area contributed by atoms with Crippen molar-refractivity contribution in [1.29, 1.82) is 0 Å². The molecule has 1 atom stereocenters. The fourth-order valence-electron chi connectivity index (χ4n) is 0.664. The lowest BCUT2D eigenvalue weighted by atomic mass is 9.98. The molecule has 0 aromatic rings. The molecular weight excluding hydrogens is 106 g/mol. The minimum Gasteiger partial charge on any atom is -0.385 e. The van der Waals surface area contributed by atoms with Gasteiger partial charge in [0.2, 0.25) is 0 Å². The lowest BCUT2D eigenvalue weighted by Crippen LogP contribution is -2.48. The number of carbonyl (C=O) groups excluding carboxylic acids is 1. The van der Waals surface area contributed by atoms with Crippen molar-refractivity contribution in [2.24, 2.45) is 5.92 Å². The Bertz CT molecular complexity index is 90.4. The zero-order valence-corrected chi connectivity index (χ0v) is 4.50. The molecule has 3 nitrogen and oxygen atoms in total. The number of hydrogen-bond donors (Lipinski definition) is 2. The van der Waals surface area contributed by atoms with E-state index in [4.69, 9.17) is 5.11 Å². The van der Waals surface area contributed by atoms with Crippen LogP contribution in [0.4, 0.5) is 0 Å². The van der Waals surface area contributed by atoms with E-state index < -0.39 is 6.10 Å². The van der Waals surface area contributed by atoms with Gasteiger partial charge in [-0.3, -0.25) is 0 Å². The summed E-state index contributed by atoms with van der Waals surface area (Å²) >= 11 is 0. The molecule has 3 heteroatoms. The highest BCUT2D eigenvalue weighted by Gasteiger charge is 2.23. The standard InChI is InChI=1S/C5H9NO2/c7-3-5(8)4-1-6-2-4/h3-6,8H,1-2H2. The van der Waals surface area contributed by atoms with Crippen LogP contribution >= 0.6 is 0 Å². The van der Waals surface area contributed by atoms with Gasteiger partial charge in [-0.2, -0.15) is 0 Å². The maximum atomic E-state index is 9.86. The van der Waals surface area contributed by atoms with Crippen LogP contribution in [0.25, 0.3) is 0 Å². The van der Waals surface area contributed by atoms with Gasteiger partial charge >= 0.3 is 0 Å². The van der Waals surface area contributed by atoms with Crippen molar-refractivity contribution >= 4 is 6.29 Å². The maximum Gasteiger partial charge on any atom is 0.148 e. The molecule has 0 amide bonds. The van der Waals surface area contributed by atoms with E-state index in [2.05, 4.69) is 5.32 Å². The van der Waals surface area contributed by atoms with E-state index in [1.54, 1.807) is 0 Å². The highest BCUT2D eigenvalue weighted by molar-refractivity contribution is 5.56. The van der Waals surface area contributed by atoms with Gasteiger partial charge in [-0.05, 0) is 0 Å². The molecule has 0 aliphatic carbocycles. The third kappa shape index (κ3) is 0.877. The average molecular weight is 115 g/mol. The molecule has 0 spiro atoms. The summed E-state index contributed by atoms with van der Waals surface area (Å²) in [5, 5.41) is 11.7. The van der Waals surface area contributed by atoms with Crippen molar-refractivity contribution in [1.82, 2.24) is 5.32 Å². The number of aliphatic hydroxyl groups is 1. The van der Waals surface area contributed by atoms with Crippen molar-refractivity contribution < 1.29 is 9.90 Å². The summed E-state index contributed by atoms with van der Waals surface area (Å²) in [4.78, 5) is 9.86. The van der Waals surface area contributed by atoms with Crippen molar-refractivity contribution in [3.05, 3.63) is 0 Å². The second-order valence-corrected chi connectivity index (χ2v) is 2.05. The maximum absolute atomic E-state index is 9.86. The lowest BCUT2D eigenvalue weighted by Gasteiger charge is -2.28. The number of carbonyl (C=O) groups is 1. The molecule has 46 valence electrons. The van der Waals surface area contributed by atoms with Gasteiger partial charge in [0.15, 0.2) is 0 Å². The molecule has 0 aromatic heterocycles. The average Bonchev–Trinajstić information content (AvgIpc) is 1.62. The van der Waals surface area contributed by atoms with Gasteiger partial charge in [-0.15, -0.1) is 0 Å². The first-order valence-electron chi connectivity index (χ1n) is 2.68. The number of nitrogens with one attached hydrogen (secondary N) is 1. The minimum atomic E-state index is -0.740. The molecule has 2 N–H and O–H groups in total. The Labute approximate surface area is 47.7 Å². The molecule has 1 fully saturated rings. The molecule has 0 aromatic carbocycles. The smallest absolute Gasteiger partial charge is 0.148 e. The van der Waals surface area contributed by atoms with Crippen LogP contribution in [0, 0.1) is 5.92 Å². The van der Waals surface area contributed by atoms with Crippen LogP contribution in [-0.4, -0.2) is 30.6 Å². The third-order valence-corrected chi connectivity index (χ3v) is 1.44.